The lowest BCUT2D eigenvalue weighted by molar-refractivity contribution is -0.116. The molecule has 2 heterocycles. The molecule has 0 saturated carbocycles. The third kappa shape index (κ3) is 3.53. The van der Waals surface area contributed by atoms with Gasteiger partial charge in [0.15, 0.2) is 5.76 Å². The van der Waals surface area contributed by atoms with Crippen molar-refractivity contribution in [3.8, 4) is 22.6 Å². The summed E-state index contributed by atoms with van der Waals surface area (Å²) in [6.45, 7) is 3.34. The molecule has 3 aromatic rings. The Hall–Kier alpha value is -2.92. The van der Waals surface area contributed by atoms with Gasteiger partial charge in [0.25, 0.3) is 0 Å². The molecule has 0 bridgehead atoms. The highest BCUT2D eigenvalue weighted by molar-refractivity contribution is 6.33. The van der Waals surface area contributed by atoms with Crippen LogP contribution in [0.3, 0.4) is 0 Å². The fraction of sp³-hybridized carbons (Fsp3) is 0.150. The van der Waals surface area contributed by atoms with Crippen LogP contribution in [0, 0.1) is 6.92 Å². The summed E-state index contributed by atoms with van der Waals surface area (Å²) in [7, 11) is 0. The maximum atomic E-state index is 11.7. The number of furan rings is 1. The van der Waals surface area contributed by atoms with Crippen molar-refractivity contribution in [1.29, 1.82) is 0 Å². The number of rotatable bonds is 5. The van der Waals surface area contributed by atoms with Crippen molar-refractivity contribution in [3.05, 3.63) is 64.4 Å². The van der Waals surface area contributed by atoms with Crippen molar-refractivity contribution in [2.24, 2.45) is 0 Å². The van der Waals surface area contributed by atoms with Crippen molar-refractivity contribution >= 4 is 23.4 Å². The number of Topliss-reactive ketones (excluding diaryl/α,β-unsaturated/α-hetero) is 1. The van der Waals surface area contributed by atoms with Crippen LogP contribution in [-0.4, -0.2) is 21.8 Å². The molecule has 0 saturated heterocycles. The second-order valence-corrected chi connectivity index (χ2v) is 6.42. The standard InChI is InChI=1S/C20H16ClNO4/c1-11-10-22-13(7-12(2)23)8-15(11)18-9-16(20(24)25)19(26-18)14-5-3-4-6-17(14)21/h3-6,8-10H,7H2,1-2H3,(H,24,25). The zero-order chi connectivity index (χ0) is 18.8. The van der Waals surface area contributed by atoms with Crippen LogP contribution in [0.1, 0.15) is 28.5 Å². The van der Waals surface area contributed by atoms with Gasteiger partial charge in [-0.05, 0) is 43.7 Å². The smallest absolute Gasteiger partial charge is 0.339 e. The molecule has 0 aliphatic heterocycles. The number of carbonyl (C=O) groups excluding carboxylic acids is 1. The molecule has 1 N–H and O–H groups in total. The second-order valence-electron chi connectivity index (χ2n) is 6.01. The lowest BCUT2D eigenvalue weighted by Gasteiger charge is -2.05. The SMILES string of the molecule is CC(=O)Cc1cc(-c2cc(C(=O)O)c(-c3ccccc3Cl)o2)c(C)cn1. The second kappa shape index (κ2) is 7.14. The molecule has 1 aromatic carbocycles. The maximum Gasteiger partial charge on any atom is 0.339 e. The van der Waals surface area contributed by atoms with Crippen LogP contribution in [-0.2, 0) is 11.2 Å². The number of nitrogens with zero attached hydrogens (tertiary/aromatic N) is 1. The summed E-state index contributed by atoms with van der Waals surface area (Å²) in [5.41, 5.74) is 2.64. The monoisotopic (exact) mass is 369 g/mol. The molecule has 132 valence electrons. The average Bonchev–Trinajstić information content (AvgIpc) is 3.01. The van der Waals surface area contributed by atoms with Crippen molar-refractivity contribution in [2.75, 3.05) is 0 Å². The van der Waals surface area contributed by atoms with Crippen molar-refractivity contribution in [1.82, 2.24) is 4.98 Å². The van der Waals surface area contributed by atoms with Gasteiger partial charge in [0.1, 0.15) is 17.1 Å². The van der Waals surface area contributed by atoms with Crippen LogP contribution in [0.25, 0.3) is 22.6 Å². The minimum Gasteiger partial charge on any atom is -0.478 e. The fourth-order valence-electron chi connectivity index (χ4n) is 2.71. The number of carbonyl (C=O) groups is 2. The van der Waals surface area contributed by atoms with E-state index in [0.717, 1.165) is 5.56 Å². The maximum absolute atomic E-state index is 11.7. The molecule has 0 amide bonds. The summed E-state index contributed by atoms with van der Waals surface area (Å²) in [6.07, 6.45) is 1.85. The van der Waals surface area contributed by atoms with Gasteiger partial charge in [-0.15, -0.1) is 0 Å². The van der Waals surface area contributed by atoms with E-state index in [0.29, 0.717) is 27.6 Å². The van der Waals surface area contributed by atoms with Crippen molar-refractivity contribution in [3.63, 3.8) is 0 Å². The number of benzene rings is 1. The molecule has 0 aliphatic rings. The minimum atomic E-state index is -1.11. The summed E-state index contributed by atoms with van der Waals surface area (Å²) in [4.78, 5) is 27.3. The molecular weight excluding hydrogens is 354 g/mol. The number of aromatic carboxylic acids is 1. The molecule has 0 unspecified atom stereocenters. The van der Waals surface area contributed by atoms with Gasteiger partial charge in [0, 0.05) is 29.4 Å². The van der Waals surface area contributed by atoms with E-state index in [1.54, 1.807) is 36.5 Å². The summed E-state index contributed by atoms with van der Waals surface area (Å²) in [5, 5.41) is 9.96. The summed E-state index contributed by atoms with van der Waals surface area (Å²) < 4.78 is 5.89. The number of halogens is 1. The van der Waals surface area contributed by atoms with E-state index in [-0.39, 0.29) is 23.5 Å². The van der Waals surface area contributed by atoms with Crippen molar-refractivity contribution < 1.29 is 19.1 Å². The predicted octanol–water partition coefficient (Wildman–Crippen LogP) is 4.80. The number of pyridine rings is 1. The van der Waals surface area contributed by atoms with Gasteiger partial charge in [-0.3, -0.25) is 9.78 Å². The van der Waals surface area contributed by atoms with E-state index in [2.05, 4.69) is 4.98 Å². The average molecular weight is 370 g/mol. The Balaban J connectivity index is 2.16. The van der Waals surface area contributed by atoms with Gasteiger partial charge in [0.2, 0.25) is 0 Å². The quantitative estimate of drug-likeness (QED) is 0.698. The van der Waals surface area contributed by atoms with E-state index in [1.165, 1.54) is 13.0 Å². The highest BCUT2D eigenvalue weighted by Gasteiger charge is 2.22. The number of hydrogen-bond acceptors (Lipinski definition) is 4. The van der Waals surface area contributed by atoms with Gasteiger partial charge < -0.3 is 9.52 Å². The lowest BCUT2D eigenvalue weighted by Crippen LogP contribution is -2.00. The van der Waals surface area contributed by atoms with Crippen LogP contribution in [0.5, 0.6) is 0 Å². The zero-order valence-electron chi connectivity index (χ0n) is 14.2. The Morgan fingerprint density at radius 2 is 1.92 bits per heavy atom. The molecule has 3 rings (SSSR count). The number of ketones is 1. The number of aryl methyl sites for hydroxylation is 1. The molecule has 0 radical (unpaired) electrons. The number of aromatic nitrogens is 1. The van der Waals surface area contributed by atoms with Gasteiger partial charge in [0.05, 0.1) is 5.02 Å². The van der Waals surface area contributed by atoms with Crippen LogP contribution in [0.15, 0.2) is 47.0 Å². The molecule has 0 aliphatic carbocycles. The molecule has 0 fully saturated rings. The summed E-state index contributed by atoms with van der Waals surface area (Å²) in [5.74, 6) is -0.523. The first-order valence-electron chi connectivity index (χ1n) is 7.94. The third-order valence-electron chi connectivity index (χ3n) is 3.94. The largest absolute Gasteiger partial charge is 0.478 e. The van der Waals surface area contributed by atoms with Crippen LogP contribution < -0.4 is 0 Å². The minimum absolute atomic E-state index is 0.00488. The van der Waals surface area contributed by atoms with Gasteiger partial charge in [-0.25, -0.2) is 4.79 Å². The normalized spacial score (nSPS) is 10.7. The molecule has 26 heavy (non-hydrogen) atoms. The van der Waals surface area contributed by atoms with E-state index in [9.17, 15) is 14.7 Å². The van der Waals surface area contributed by atoms with Crippen molar-refractivity contribution in [2.45, 2.75) is 20.3 Å². The van der Waals surface area contributed by atoms with Gasteiger partial charge in [-0.2, -0.15) is 0 Å². The Labute approximate surface area is 155 Å². The predicted molar refractivity (Wildman–Crippen MR) is 98.5 cm³/mol. The van der Waals surface area contributed by atoms with E-state index >= 15 is 0 Å². The number of carboxylic acids is 1. The first-order valence-corrected chi connectivity index (χ1v) is 8.32. The van der Waals surface area contributed by atoms with Crippen LogP contribution in [0.2, 0.25) is 5.02 Å². The third-order valence-corrected chi connectivity index (χ3v) is 4.27. The van der Waals surface area contributed by atoms with Crippen LogP contribution in [0.4, 0.5) is 0 Å². The first-order chi connectivity index (χ1) is 12.4. The van der Waals surface area contributed by atoms with Crippen LogP contribution >= 0.6 is 11.6 Å². The van der Waals surface area contributed by atoms with E-state index < -0.39 is 5.97 Å². The molecule has 2 aromatic heterocycles. The fourth-order valence-corrected chi connectivity index (χ4v) is 2.93. The highest BCUT2D eigenvalue weighted by Crippen LogP contribution is 2.37. The Bertz CT molecular complexity index is 1010. The Morgan fingerprint density at radius 1 is 1.19 bits per heavy atom. The summed E-state index contributed by atoms with van der Waals surface area (Å²) in [6, 6.07) is 10.1. The molecule has 0 spiro atoms. The molecule has 0 atom stereocenters. The lowest BCUT2D eigenvalue weighted by atomic mass is 10.0. The molecule has 6 heteroatoms. The number of carboxylic acid groups (broad SMARTS) is 1. The van der Waals surface area contributed by atoms with Gasteiger partial charge in [-0.1, -0.05) is 23.7 Å². The topological polar surface area (TPSA) is 80.4 Å². The van der Waals surface area contributed by atoms with E-state index in [4.69, 9.17) is 16.0 Å². The van der Waals surface area contributed by atoms with Gasteiger partial charge >= 0.3 is 5.97 Å². The van der Waals surface area contributed by atoms with E-state index in [1.807, 2.05) is 6.92 Å². The Morgan fingerprint density at radius 3 is 2.58 bits per heavy atom. The zero-order valence-corrected chi connectivity index (χ0v) is 15.0. The molecular formula is C20H16ClNO4. The molecule has 5 nitrogen and oxygen atoms in total. The highest BCUT2D eigenvalue weighted by atomic mass is 35.5. The number of hydrogen-bond donors (Lipinski definition) is 1. The first kappa shape index (κ1) is 17.9. The Kier molecular flexibility index (Phi) is 4.91. The summed E-state index contributed by atoms with van der Waals surface area (Å²) >= 11 is 6.20.